The number of aromatic nitrogens is 2. The molecule has 0 saturated heterocycles. The number of aliphatic imine (C=N–C) groups is 1. The van der Waals surface area contributed by atoms with Gasteiger partial charge in [0.15, 0.2) is 5.82 Å². The fraction of sp³-hybridized carbons (Fsp3) is 0.143. The molecule has 0 aliphatic heterocycles. The van der Waals surface area contributed by atoms with Gasteiger partial charge >= 0.3 is 0 Å². The average molecular weight is 179 g/mol. The SMILES string of the molecule is Cc1cc2c(N=C=O)[nH]nc2s1. The Bertz CT molecular complexity index is 464. The highest BCUT2D eigenvalue weighted by Gasteiger charge is 2.06. The molecule has 0 bridgehead atoms. The van der Waals surface area contributed by atoms with Gasteiger partial charge in [-0.3, -0.25) is 5.10 Å². The van der Waals surface area contributed by atoms with Crippen LogP contribution >= 0.6 is 11.3 Å². The summed E-state index contributed by atoms with van der Waals surface area (Å²) in [6.45, 7) is 1.99. The maximum Gasteiger partial charge on any atom is 0.242 e. The molecule has 1 N–H and O–H groups in total. The predicted molar refractivity (Wildman–Crippen MR) is 46.5 cm³/mol. The van der Waals surface area contributed by atoms with E-state index in [1.165, 1.54) is 6.08 Å². The van der Waals surface area contributed by atoms with E-state index < -0.39 is 0 Å². The van der Waals surface area contributed by atoms with Gasteiger partial charge in [0.1, 0.15) is 4.83 Å². The topological polar surface area (TPSA) is 58.1 Å². The van der Waals surface area contributed by atoms with E-state index in [1.807, 2.05) is 13.0 Å². The van der Waals surface area contributed by atoms with Crippen molar-refractivity contribution >= 4 is 33.5 Å². The third kappa shape index (κ3) is 0.958. The molecule has 60 valence electrons. The molecule has 2 heterocycles. The van der Waals surface area contributed by atoms with Crippen molar-refractivity contribution in [3.8, 4) is 0 Å². The van der Waals surface area contributed by atoms with Gasteiger partial charge in [0.25, 0.3) is 0 Å². The van der Waals surface area contributed by atoms with Crippen LogP contribution in [0.4, 0.5) is 5.82 Å². The zero-order valence-corrected chi connectivity index (χ0v) is 7.10. The Morgan fingerprint density at radius 3 is 3.33 bits per heavy atom. The van der Waals surface area contributed by atoms with E-state index >= 15 is 0 Å². The molecule has 0 aliphatic rings. The van der Waals surface area contributed by atoms with Crippen LogP contribution in [0.2, 0.25) is 0 Å². The molecule has 0 aromatic carbocycles. The van der Waals surface area contributed by atoms with Crippen molar-refractivity contribution in [2.24, 2.45) is 4.99 Å². The monoisotopic (exact) mass is 179 g/mol. The minimum absolute atomic E-state index is 0.490. The molecule has 0 fully saturated rings. The van der Waals surface area contributed by atoms with E-state index in [0.717, 1.165) is 15.1 Å². The summed E-state index contributed by atoms with van der Waals surface area (Å²) in [5.41, 5.74) is 0. The fourth-order valence-corrected chi connectivity index (χ4v) is 1.89. The Labute approximate surface area is 71.9 Å². The number of carbonyl (C=O) groups excluding carboxylic acids is 1. The van der Waals surface area contributed by atoms with Gasteiger partial charge in [0.05, 0.1) is 5.39 Å². The van der Waals surface area contributed by atoms with Crippen molar-refractivity contribution < 1.29 is 4.79 Å². The Hall–Kier alpha value is -1.45. The maximum absolute atomic E-state index is 9.99. The van der Waals surface area contributed by atoms with Gasteiger partial charge in [-0.15, -0.1) is 16.3 Å². The second-order valence-electron chi connectivity index (χ2n) is 2.35. The van der Waals surface area contributed by atoms with Gasteiger partial charge in [-0.1, -0.05) is 0 Å². The molecule has 0 atom stereocenters. The molecule has 0 amide bonds. The Kier molecular flexibility index (Phi) is 1.53. The third-order valence-electron chi connectivity index (χ3n) is 1.51. The third-order valence-corrected chi connectivity index (χ3v) is 2.46. The summed E-state index contributed by atoms with van der Waals surface area (Å²) in [6, 6.07) is 1.94. The normalized spacial score (nSPS) is 10.1. The lowest BCUT2D eigenvalue weighted by molar-refractivity contribution is 0.565. The lowest BCUT2D eigenvalue weighted by atomic mass is 10.4. The molecule has 0 aliphatic carbocycles. The highest BCUT2D eigenvalue weighted by Crippen LogP contribution is 2.29. The van der Waals surface area contributed by atoms with Gasteiger partial charge in [0, 0.05) is 4.88 Å². The van der Waals surface area contributed by atoms with E-state index in [1.54, 1.807) is 11.3 Å². The van der Waals surface area contributed by atoms with Gasteiger partial charge in [0.2, 0.25) is 6.08 Å². The molecule has 12 heavy (non-hydrogen) atoms. The molecular weight excluding hydrogens is 174 g/mol. The molecule has 2 aromatic heterocycles. The number of nitrogens with one attached hydrogen (secondary N) is 1. The lowest BCUT2D eigenvalue weighted by Gasteiger charge is -1.78. The molecule has 4 nitrogen and oxygen atoms in total. The standard InChI is InChI=1S/C7H5N3OS/c1-4-2-5-6(8-3-11)9-10-7(5)12-4/h2H,1H3,(H,9,10). The molecule has 5 heteroatoms. The summed E-state index contributed by atoms with van der Waals surface area (Å²) in [5.74, 6) is 0.490. The highest BCUT2D eigenvalue weighted by atomic mass is 32.1. The zero-order valence-electron chi connectivity index (χ0n) is 6.29. The number of aryl methyl sites for hydroxylation is 1. The number of fused-ring (bicyclic) bond motifs is 1. The van der Waals surface area contributed by atoms with Gasteiger partial charge in [-0.05, 0) is 13.0 Å². The number of isocyanates is 1. The van der Waals surface area contributed by atoms with Crippen LogP contribution < -0.4 is 0 Å². The van der Waals surface area contributed by atoms with Gasteiger partial charge < -0.3 is 0 Å². The van der Waals surface area contributed by atoms with Crippen LogP contribution in [0, 0.1) is 6.92 Å². The first kappa shape index (κ1) is 7.21. The molecular formula is C7H5N3OS. The Morgan fingerprint density at radius 1 is 1.75 bits per heavy atom. The lowest BCUT2D eigenvalue weighted by Crippen LogP contribution is -1.64. The first-order chi connectivity index (χ1) is 5.81. The largest absolute Gasteiger partial charge is 0.259 e. The Balaban J connectivity index is 2.75. The molecule has 0 unspecified atom stereocenters. The minimum Gasteiger partial charge on any atom is -0.259 e. The van der Waals surface area contributed by atoms with Crippen LogP contribution in [0.25, 0.3) is 10.2 Å². The van der Waals surface area contributed by atoms with Crippen molar-refractivity contribution in [1.82, 2.24) is 10.2 Å². The molecule has 2 aromatic rings. The number of hydrogen-bond acceptors (Lipinski definition) is 4. The zero-order chi connectivity index (χ0) is 8.55. The van der Waals surface area contributed by atoms with E-state index in [2.05, 4.69) is 15.2 Å². The number of nitrogens with zero attached hydrogens (tertiary/aromatic N) is 2. The fourth-order valence-electron chi connectivity index (χ4n) is 1.05. The van der Waals surface area contributed by atoms with Crippen LogP contribution in [0.3, 0.4) is 0 Å². The summed E-state index contributed by atoms with van der Waals surface area (Å²) in [6.07, 6.45) is 1.48. The van der Waals surface area contributed by atoms with Crippen molar-refractivity contribution in [2.45, 2.75) is 6.92 Å². The number of aromatic amines is 1. The number of thiophene rings is 1. The number of hydrogen-bond donors (Lipinski definition) is 1. The first-order valence-corrected chi connectivity index (χ1v) is 4.15. The van der Waals surface area contributed by atoms with E-state index in [-0.39, 0.29) is 0 Å². The van der Waals surface area contributed by atoms with Crippen LogP contribution in [0.15, 0.2) is 11.1 Å². The summed E-state index contributed by atoms with van der Waals surface area (Å²) in [5, 5.41) is 7.52. The summed E-state index contributed by atoms with van der Waals surface area (Å²) >= 11 is 1.57. The van der Waals surface area contributed by atoms with Crippen LogP contribution in [-0.4, -0.2) is 16.3 Å². The summed E-state index contributed by atoms with van der Waals surface area (Å²) in [4.78, 5) is 15.5. The minimum atomic E-state index is 0.490. The highest BCUT2D eigenvalue weighted by molar-refractivity contribution is 7.18. The van der Waals surface area contributed by atoms with Crippen LogP contribution in [-0.2, 0) is 4.79 Å². The first-order valence-electron chi connectivity index (χ1n) is 3.33. The van der Waals surface area contributed by atoms with Crippen molar-refractivity contribution in [3.63, 3.8) is 0 Å². The second kappa shape index (κ2) is 2.55. The maximum atomic E-state index is 9.99. The van der Waals surface area contributed by atoms with Crippen LogP contribution in [0.5, 0.6) is 0 Å². The number of rotatable bonds is 1. The van der Waals surface area contributed by atoms with E-state index in [0.29, 0.717) is 5.82 Å². The molecule has 0 saturated carbocycles. The summed E-state index contributed by atoms with van der Waals surface area (Å²) in [7, 11) is 0. The molecule has 0 radical (unpaired) electrons. The van der Waals surface area contributed by atoms with Crippen molar-refractivity contribution in [2.75, 3.05) is 0 Å². The smallest absolute Gasteiger partial charge is 0.242 e. The van der Waals surface area contributed by atoms with Crippen molar-refractivity contribution in [3.05, 3.63) is 10.9 Å². The van der Waals surface area contributed by atoms with Gasteiger partial charge in [-0.25, -0.2) is 4.79 Å². The molecule has 0 spiro atoms. The quantitative estimate of drug-likeness (QED) is 0.537. The van der Waals surface area contributed by atoms with Gasteiger partial charge in [-0.2, -0.15) is 5.10 Å². The summed E-state index contributed by atoms with van der Waals surface area (Å²) < 4.78 is 0. The van der Waals surface area contributed by atoms with E-state index in [9.17, 15) is 4.79 Å². The molecule has 2 rings (SSSR count). The second-order valence-corrected chi connectivity index (χ2v) is 3.59. The van der Waals surface area contributed by atoms with E-state index in [4.69, 9.17) is 0 Å². The number of H-pyrrole nitrogens is 1. The predicted octanol–water partition coefficient (Wildman–Crippen LogP) is 1.90. The van der Waals surface area contributed by atoms with Crippen LogP contribution in [0.1, 0.15) is 4.88 Å². The van der Waals surface area contributed by atoms with Crippen molar-refractivity contribution in [1.29, 1.82) is 0 Å². The average Bonchev–Trinajstić information content (AvgIpc) is 2.52. The Morgan fingerprint density at radius 2 is 2.58 bits per heavy atom.